The van der Waals surface area contributed by atoms with E-state index >= 15 is 0 Å². The highest BCUT2D eigenvalue weighted by molar-refractivity contribution is 9.10. The summed E-state index contributed by atoms with van der Waals surface area (Å²) in [4.78, 5) is 0. The van der Waals surface area contributed by atoms with E-state index < -0.39 is 0 Å². The van der Waals surface area contributed by atoms with Crippen molar-refractivity contribution in [2.45, 2.75) is 51.4 Å². The zero-order valence-corrected chi connectivity index (χ0v) is 11.6. The van der Waals surface area contributed by atoms with Gasteiger partial charge >= 0.3 is 0 Å². The normalized spacial score (nSPS) is 27.8. The Kier molecular flexibility index (Phi) is 2.50. The van der Waals surface area contributed by atoms with Gasteiger partial charge in [0, 0.05) is 4.47 Å². The summed E-state index contributed by atoms with van der Waals surface area (Å²) in [7, 11) is 0. The van der Waals surface area contributed by atoms with E-state index in [0.29, 0.717) is 10.8 Å². The summed E-state index contributed by atoms with van der Waals surface area (Å²) in [6, 6.07) is 6.78. The Morgan fingerprint density at radius 1 is 1.20 bits per heavy atom. The first-order chi connectivity index (χ1) is 6.89. The van der Waals surface area contributed by atoms with E-state index in [4.69, 9.17) is 0 Å². The maximum absolute atomic E-state index is 3.58. The average molecular weight is 267 g/mol. The number of fused-ring (bicyclic) bond motifs is 1. The third-order valence-corrected chi connectivity index (χ3v) is 4.47. The Bertz CT molecular complexity index is 392. The predicted octanol–water partition coefficient (Wildman–Crippen LogP) is 4.80. The Balaban J connectivity index is 2.63. The molecule has 1 aliphatic carbocycles. The fourth-order valence-electron chi connectivity index (χ4n) is 3.08. The number of hydrogen-bond acceptors (Lipinski definition) is 0. The molecule has 1 aromatic carbocycles. The van der Waals surface area contributed by atoms with Gasteiger partial charge in [-0.05, 0) is 46.9 Å². The lowest BCUT2D eigenvalue weighted by Crippen LogP contribution is -2.20. The fourth-order valence-corrected chi connectivity index (χ4v) is 3.45. The molecule has 0 aliphatic heterocycles. The smallest absolute Gasteiger partial charge is 0.0178 e. The topological polar surface area (TPSA) is 0 Å². The molecule has 1 heteroatoms. The van der Waals surface area contributed by atoms with Crippen molar-refractivity contribution < 1.29 is 0 Å². The third kappa shape index (κ3) is 1.65. The van der Waals surface area contributed by atoms with Crippen molar-refractivity contribution in [1.29, 1.82) is 0 Å². The van der Waals surface area contributed by atoms with E-state index in [0.717, 1.165) is 0 Å². The molecule has 0 amide bonds. The summed E-state index contributed by atoms with van der Waals surface area (Å²) in [5.41, 5.74) is 3.78. The van der Waals surface area contributed by atoms with Gasteiger partial charge in [0.05, 0.1) is 0 Å². The van der Waals surface area contributed by atoms with E-state index in [1.54, 1.807) is 5.56 Å². The van der Waals surface area contributed by atoms with Crippen LogP contribution in [0.15, 0.2) is 22.7 Å². The lowest BCUT2D eigenvalue weighted by Gasteiger charge is -2.25. The van der Waals surface area contributed by atoms with Crippen LogP contribution in [0, 0.1) is 0 Å². The molecule has 0 N–H and O–H groups in total. The van der Waals surface area contributed by atoms with Gasteiger partial charge in [-0.2, -0.15) is 0 Å². The van der Waals surface area contributed by atoms with E-state index in [2.05, 4.69) is 61.8 Å². The van der Waals surface area contributed by atoms with Gasteiger partial charge in [0.15, 0.2) is 0 Å². The molecular formula is C14H19Br. The highest BCUT2D eigenvalue weighted by Gasteiger charge is 2.43. The Labute approximate surface area is 101 Å². The zero-order valence-electron chi connectivity index (χ0n) is 10.0. The largest absolute Gasteiger partial charge is 0.0645 e. The van der Waals surface area contributed by atoms with Crippen LogP contribution in [0.25, 0.3) is 0 Å². The van der Waals surface area contributed by atoms with Gasteiger partial charge in [-0.1, -0.05) is 49.7 Å². The van der Waals surface area contributed by atoms with E-state index in [9.17, 15) is 0 Å². The van der Waals surface area contributed by atoms with Crippen LogP contribution >= 0.6 is 15.9 Å². The van der Waals surface area contributed by atoms with Crippen LogP contribution in [0.2, 0.25) is 0 Å². The molecular weight excluding hydrogens is 248 g/mol. The van der Waals surface area contributed by atoms with E-state index in [1.165, 1.54) is 22.9 Å². The van der Waals surface area contributed by atoms with Crippen LogP contribution in [0.5, 0.6) is 0 Å². The quantitative estimate of drug-likeness (QED) is 0.685. The second kappa shape index (κ2) is 3.35. The van der Waals surface area contributed by atoms with Crippen molar-refractivity contribution in [3.8, 4) is 0 Å². The van der Waals surface area contributed by atoms with Crippen LogP contribution in [-0.2, 0) is 10.8 Å². The zero-order chi connectivity index (χ0) is 11.3. The van der Waals surface area contributed by atoms with Crippen molar-refractivity contribution in [2.75, 3.05) is 0 Å². The van der Waals surface area contributed by atoms with Crippen LogP contribution < -0.4 is 0 Å². The molecule has 0 saturated carbocycles. The fraction of sp³-hybridized carbons (Fsp3) is 0.571. The molecule has 0 aromatic heterocycles. The maximum Gasteiger partial charge on any atom is 0.0178 e. The Morgan fingerprint density at radius 2 is 1.87 bits per heavy atom. The minimum Gasteiger partial charge on any atom is -0.0645 e. The van der Waals surface area contributed by atoms with Gasteiger partial charge in [-0.25, -0.2) is 0 Å². The summed E-state index contributed by atoms with van der Waals surface area (Å²) in [6.07, 6.45) is 2.49. The predicted molar refractivity (Wildman–Crippen MR) is 69.4 cm³/mol. The summed E-state index contributed by atoms with van der Waals surface area (Å²) < 4.78 is 1.20. The summed E-state index contributed by atoms with van der Waals surface area (Å²) in [6.45, 7) is 9.42. The molecule has 1 aliphatic rings. The molecule has 0 saturated heterocycles. The molecule has 0 spiro atoms. The highest BCUT2D eigenvalue weighted by atomic mass is 79.9. The van der Waals surface area contributed by atoms with Gasteiger partial charge in [-0.15, -0.1) is 0 Å². The van der Waals surface area contributed by atoms with Gasteiger partial charge in [-0.3, -0.25) is 0 Å². The maximum atomic E-state index is 3.58. The molecule has 0 radical (unpaired) electrons. The van der Waals surface area contributed by atoms with Crippen LogP contribution in [-0.4, -0.2) is 0 Å². The number of hydrogen-bond donors (Lipinski definition) is 0. The average Bonchev–Trinajstić information content (AvgIpc) is 2.35. The SMILES string of the molecule is CCC1(C)CC(C)(C)c2cc(Br)ccc21. The highest BCUT2D eigenvalue weighted by Crippen LogP contribution is 2.51. The molecule has 0 nitrogen and oxygen atoms in total. The van der Waals surface area contributed by atoms with Gasteiger partial charge < -0.3 is 0 Å². The van der Waals surface area contributed by atoms with Crippen molar-refractivity contribution >= 4 is 15.9 Å². The molecule has 82 valence electrons. The van der Waals surface area contributed by atoms with E-state index in [1.807, 2.05) is 0 Å². The first kappa shape index (κ1) is 11.2. The van der Waals surface area contributed by atoms with Crippen LogP contribution in [0.1, 0.15) is 51.7 Å². The van der Waals surface area contributed by atoms with Crippen molar-refractivity contribution in [1.82, 2.24) is 0 Å². The van der Waals surface area contributed by atoms with Crippen LogP contribution in [0.4, 0.5) is 0 Å². The number of halogens is 1. The second-order valence-corrected chi connectivity index (χ2v) is 6.58. The molecule has 0 bridgehead atoms. The number of benzene rings is 1. The van der Waals surface area contributed by atoms with Gasteiger partial charge in [0.2, 0.25) is 0 Å². The molecule has 15 heavy (non-hydrogen) atoms. The molecule has 0 fully saturated rings. The minimum atomic E-state index is 0.323. The van der Waals surface area contributed by atoms with Crippen molar-refractivity contribution in [2.24, 2.45) is 0 Å². The molecule has 1 aromatic rings. The van der Waals surface area contributed by atoms with Gasteiger partial charge in [0.25, 0.3) is 0 Å². The number of rotatable bonds is 1. The molecule has 1 atom stereocenters. The lowest BCUT2D eigenvalue weighted by atomic mass is 9.78. The van der Waals surface area contributed by atoms with Crippen molar-refractivity contribution in [3.05, 3.63) is 33.8 Å². The second-order valence-electron chi connectivity index (χ2n) is 5.66. The molecule has 0 heterocycles. The van der Waals surface area contributed by atoms with Gasteiger partial charge in [0.1, 0.15) is 0 Å². The first-order valence-electron chi connectivity index (χ1n) is 5.69. The minimum absolute atomic E-state index is 0.323. The molecule has 1 unspecified atom stereocenters. The Morgan fingerprint density at radius 3 is 2.47 bits per heavy atom. The van der Waals surface area contributed by atoms with Crippen molar-refractivity contribution in [3.63, 3.8) is 0 Å². The summed E-state index contributed by atoms with van der Waals surface area (Å²) in [5, 5.41) is 0. The molecule has 2 rings (SSSR count). The van der Waals surface area contributed by atoms with E-state index in [-0.39, 0.29) is 0 Å². The summed E-state index contributed by atoms with van der Waals surface area (Å²) >= 11 is 3.58. The first-order valence-corrected chi connectivity index (χ1v) is 6.49. The lowest BCUT2D eigenvalue weighted by molar-refractivity contribution is 0.367. The third-order valence-electron chi connectivity index (χ3n) is 3.97. The van der Waals surface area contributed by atoms with Crippen LogP contribution in [0.3, 0.4) is 0 Å². The Hall–Kier alpha value is -0.300. The monoisotopic (exact) mass is 266 g/mol. The summed E-state index contributed by atoms with van der Waals surface area (Å²) in [5.74, 6) is 0. The standard InChI is InChI=1S/C14H19Br/c1-5-14(4)9-13(2,3)12-8-10(15)6-7-11(12)14/h6-8H,5,9H2,1-4H3.